The van der Waals surface area contributed by atoms with E-state index >= 15 is 0 Å². The third-order valence-corrected chi connectivity index (χ3v) is 2.86. The Kier molecular flexibility index (Phi) is 3.31. The second-order valence-electron chi connectivity index (χ2n) is 4.25. The highest BCUT2D eigenvalue weighted by molar-refractivity contribution is 5.79. The van der Waals surface area contributed by atoms with E-state index in [1.165, 1.54) is 23.0 Å². The van der Waals surface area contributed by atoms with Crippen LogP contribution in [0.3, 0.4) is 0 Å². The van der Waals surface area contributed by atoms with E-state index in [2.05, 4.69) is 10.1 Å². The van der Waals surface area contributed by atoms with Gasteiger partial charge in [-0.3, -0.25) is 4.68 Å². The van der Waals surface area contributed by atoms with E-state index in [0.29, 0.717) is 11.8 Å². The van der Waals surface area contributed by atoms with Crippen molar-refractivity contribution in [3.8, 4) is 11.6 Å². The van der Waals surface area contributed by atoms with Crippen molar-refractivity contribution in [3.63, 3.8) is 0 Å². The van der Waals surface area contributed by atoms with E-state index in [-0.39, 0.29) is 18.2 Å². The summed E-state index contributed by atoms with van der Waals surface area (Å²) in [6, 6.07) is 4.53. The number of aldehydes is 1. The smallest absolute Gasteiger partial charge is 0.221 e. The molecule has 0 atom stereocenters. The van der Waals surface area contributed by atoms with Gasteiger partial charge >= 0.3 is 0 Å². The Labute approximate surface area is 117 Å². The van der Waals surface area contributed by atoms with E-state index in [1.54, 1.807) is 6.20 Å². The summed E-state index contributed by atoms with van der Waals surface area (Å²) in [7, 11) is 0. The van der Waals surface area contributed by atoms with Gasteiger partial charge in [0.1, 0.15) is 12.1 Å². The quantitative estimate of drug-likeness (QED) is 0.693. The van der Waals surface area contributed by atoms with Gasteiger partial charge in [-0.2, -0.15) is 5.10 Å². The standard InChI is InChI=1S/C14H9F2N3O2/c15-10-1-2-13(11(16)5-10)21-14-6-12-9(7-17-14)8-18-19(12)3-4-20/h1-2,4-8H,3H2. The molecule has 2 aromatic heterocycles. The molecular formula is C14H9F2N3O2. The molecule has 0 bridgehead atoms. The molecule has 0 N–H and O–H groups in total. The van der Waals surface area contributed by atoms with Gasteiger partial charge in [0.15, 0.2) is 11.6 Å². The normalized spacial score (nSPS) is 10.8. The fraction of sp³-hybridized carbons (Fsp3) is 0.0714. The molecule has 5 nitrogen and oxygen atoms in total. The second kappa shape index (κ2) is 5.28. The SMILES string of the molecule is O=CCn1ncc2cnc(Oc3ccc(F)cc3F)cc21. The maximum Gasteiger partial charge on any atom is 0.221 e. The molecule has 0 radical (unpaired) electrons. The number of carbonyl (C=O) groups is 1. The highest BCUT2D eigenvalue weighted by Crippen LogP contribution is 2.25. The van der Waals surface area contributed by atoms with Crippen molar-refractivity contribution in [3.05, 3.63) is 48.3 Å². The summed E-state index contributed by atoms with van der Waals surface area (Å²) in [5.74, 6) is -1.52. The molecule has 0 amide bonds. The number of carbonyl (C=O) groups excluding carboxylic acids is 1. The Morgan fingerprint density at radius 2 is 2.10 bits per heavy atom. The van der Waals surface area contributed by atoms with Gasteiger partial charge in [-0.05, 0) is 12.1 Å². The third kappa shape index (κ3) is 2.58. The van der Waals surface area contributed by atoms with Crippen molar-refractivity contribution < 1.29 is 18.3 Å². The number of hydrogen-bond donors (Lipinski definition) is 0. The molecule has 2 heterocycles. The maximum absolute atomic E-state index is 13.5. The molecule has 0 saturated carbocycles. The summed E-state index contributed by atoms with van der Waals surface area (Å²) in [6.07, 6.45) is 3.78. The molecule has 0 fully saturated rings. The number of ether oxygens (including phenoxy) is 1. The van der Waals surface area contributed by atoms with Gasteiger partial charge in [0, 0.05) is 23.7 Å². The van der Waals surface area contributed by atoms with Gasteiger partial charge in [0.05, 0.1) is 18.3 Å². The highest BCUT2D eigenvalue weighted by Gasteiger charge is 2.09. The Morgan fingerprint density at radius 3 is 2.86 bits per heavy atom. The van der Waals surface area contributed by atoms with Gasteiger partial charge in [-0.1, -0.05) is 0 Å². The monoisotopic (exact) mass is 289 g/mol. The minimum atomic E-state index is -0.821. The van der Waals surface area contributed by atoms with Crippen molar-refractivity contribution in [1.82, 2.24) is 14.8 Å². The topological polar surface area (TPSA) is 57.0 Å². The lowest BCUT2D eigenvalue weighted by Gasteiger charge is -2.06. The number of halogens is 2. The zero-order valence-corrected chi connectivity index (χ0v) is 10.7. The van der Waals surface area contributed by atoms with Gasteiger partial charge in [0.2, 0.25) is 5.88 Å². The first kappa shape index (κ1) is 13.2. The van der Waals surface area contributed by atoms with Crippen molar-refractivity contribution >= 4 is 17.2 Å². The third-order valence-electron chi connectivity index (χ3n) is 2.86. The van der Waals surface area contributed by atoms with Gasteiger partial charge in [-0.15, -0.1) is 0 Å². The summed E-state index contributed by atoms with van der Waals surface area (Å²) in [5, 5.41) is 4.75. The summed E-state index contributed by atoms with van der Waals surface area (Å²) in [6.45, 7) is 0.0951. The Bertz CT molecular complexity index is 817. The number of benzene rings is 1. The highest BCUT2D eigenvalue weighted by atomic mass is 19.1. The van der Waals surface area contributed by atoms with Gasteiger partial charge in [-0.25, -0.2) is 13.8 Å². The summed E-state index contributed by atoms with van der Waals surface area (Å²) in [5.41, 5.74) is 0.634. The first-order valence-corrected chi connectivity index (χ1v) is 6.05. The average Bonchev–Trinajstić information content (AvgIpc) is 2.85. The molecule has 3 rings (SSSR count). The van der Waals surface area contributed by atoms with Crippen molar-refractivity contribution in [1.29, 1.82) is 0 Å². The summed E-state index contributed by atoms with van der Waals surface area (Å²) < 4.78 is 33.1. The molecular weight excluding hydrogens is 280 g/mol. The average molecular weight is 289 g/mol. The number of fused-ring (bicyclic) bond motifs is 1. The fourth-order valence-electron chi connectivity index (χ4n) is 1.90. The molecule has 21 heavy (non-hydrogen) atoms. The molecule has 106 valence electrons. The van der Waals surface area contributed by atoms with Crippen molar-refractivity contribution in [2.45, 2.75) is 6.54 Å². The Morgan fingerprint density at radius 1 is 1.24 bits per heavy atom. The van der Waals surface area contributed by atoms with Gasteiger partial charge in [0.25, 0.3) is 0 Å². The minimum absolute atomic E-state index is 0.0951. The Balaban J connectivity index is 1.96. The van der Waals surface area contributed by atoms with Crippen LogP contribution in [0.4, 0.5) is 8.78 Å². The van der Waals surface area contributed by atoms with Crippen LogP contribution in [0.1, 0.15) is 0 Å². The van der Waals surface area contributed by atoms with Crippen LogP contribution in [0, 0.1) is 11.6 Å². The molecule has 0 aliphatic rings. The van der Waals surface area contributed by atoms with Crippen LogP contribution in [0.15, 0.2) is 36.7 Å². The molecule has 0 aliphatic heterocycles. The number of aromatic nitrogens is 3. The predicted molar refractivity (Wildman–Crippen MR) is 70.0 cm³/mol. The molecule has 1 aromatic carbocycles. The van der Waals surface area contributed by atoms with Crippen LogP contribution in [0.5, 0.6) is 11.6 Å². The minimum Gasteiger partial charge on any atom is -0.436 e. The first-order chi connectivity index (χ1) is 10.2. The van der Waals surface area contributed by atoms with E-state index in [0.717, 1.165) is 17.5 Å². The maximum atomic E-state index is 13.5. The Hall–Kier alpha value is -2.83. The molecule has 7 heteroatoms. The lowest BCUT2D eigenvalue weighted by atomic mass is 10.3. The van der Waals surface area contributed by atoms with Crippen LogP contribution in [-0.4, -0.2) is 21.1 Å². The van der Waals surface area contributed by atoms with E-state index in [1.807, 2.05) is 0 Å². The molecule has 0 aliphatic carbocycles. The lowest BCUT2D eigenvalue weighted by molar-refractivity contribution is -0.108. The van der Waals surface area contributed by atoms with Gasteiger partial charge < -0.3 is 9.53 Å². The number of rotatable bonds is 4. The largest absolute Gasteiger partial charge is 0.436 e. The van der Waals surface area contributed by atoms with Crippen LogP contribution >= 0.6 is 0 Å². The zero-order chi connectivity index (χ0) is 14.8. The van der Waals surface area contributed by atoms with E-state index < -0.39 is 11.6 Å². The number of hydrogen-bond acceptors (Lipinski definition) is 4. The molecule has 0 unspecified atom stereocenters. The van der Waals surface area contributed by atoms with E-state index in [9.17, 15) is 13.6 Å². The molecule has 0 spiro atoms. The van der Waals surface area contributed by atoms with Crippen LogP contribution < -0.4 is 4.74 Å². The van der Waals surface area contributed by atoms with Crippen LogP contribution in [-0.2, 0) is 11.3 Å². The fourth-order valence-corrected chi connectivity index (χ4v) is 1.90. The lowest BCUT2D eigenvalue weighted by Crippen LogP contribution is -2.00. The van der Waals surface area contributed by atoms with Crippen LogP contribution in [0.25, 0.3) is 10.9 Å². The van der Waals surface area contributed by atoms with Crippen molar-refractivity contribution in [2.24, 2.45) is 0 Å². The summed E-state index contributed by atoms with van der Waals surface area (Å²) in [4.78, 5) is 14.6. The zero-order valence-electron chi connectivity index (χ0n) is 10.7. The van der Waals surface area contributed by atoms with E-state index in [4.69, 9.17) is 4.74 Å². The molecule has 0 saturated heterocycles. The molecule has 3 aromatic rings. The summed E-state index contributed by atoms with van der Waals surface area (Å²) >= 11 is 0. The predicted octanol–water partition coefficient (Wildman–Crippen LogP) is 2.70. The number of pyridine rings is 1. The number of nitrogens with zero attached hydrogens (tertiary/aromatic N) is 3. The first-order valence-electron chi connectivity index (χ1n) is 6.05. The second-order valence-corrected chi connectivity index (χ2v) is 4.25. The van der Waals surface area contributed by atoms with Crippen molar-refractivity contribution in [2.75, 3.05) is 0 Å². The van der Waals surface area contributed by atoms with Crippen LogP contribution in [0.2, 0.25) is 0 Å².